The van der Waals surface area contributed by atoms with Crippen molar-refractivity contribution in [3.63, 3.8) is 0 Å². The van der Waals surface area contributed by atoms with Crippen molar-refractivity contribution in [1.29, 1.82) is 0 Å². The van der Waals surface area contributed by atoms with Gasteiger partial charge in [0.2, 0.25) is 0 Å². The van der Waals surface area contributed by atoms with Crippen LogP contribution in [0.2, 0.25) is 0 Å². The molecule has 0 aliphatic carbocycles. The molecular formula is C77H103N9O21. The summed E-state index contributed by atoms with van der Waals surface area (Å²) in [5, 5.41) is 26.5. The third-order valence-corrected chi connectivity index (χ3v) is 14.8. The number of benzene rings is 3. The van der Waals surface area contributed by atoms with E-state index in [1.54, 1.807) is 84.0 Å². The quantitative estimate of drug-likeness (QED) is 0.0288. The van der Waals surface area contributed by atoms with Crippen LogP contribution in [0.3, 0.4) is 0 Å². The molecular weight excluding hydrogens is 1390 g/mol. The maximum atomic E-state index is 12.7. The molecule has 0 saturated heterocycles. The smallest absolute Gasteiger partial charge is 0.416 e. The van der Waals surface area contributed by atoms with Crippen molar-refractivity contribution < 1.29 is 101 Å². The predicted molar refractivity (Wildman–Crippen MR) is 396 cm³/mol. The van der Waals surface area contributed by atoms with Gasteiger partial charge in [-0.05, 0) is 179 Å². The molecule has 0 unspecified atom stereocenters. The number of rotatable bonds is 21. The van der Waals surface area contributed by atoms with E-state index in [2.05, 4.69) is 40.4 Å². The molecule has 4 amide bonds. The van der Waals surface area contributed by atoms with Crippen LogP contribution in [0.5, 0.6) is 34.5 Å². The van der Waals surface area contributed by atoms with E-state index in [0.717, 1.165) is 51.9 Å². The fourth-order valence-electron chi connectivity index (χ4n) is 10.0. The molecule has 107 heavy (non-hydrogen) atoms. The molecule has 7 N–H and O–H groups in total. The van der Waals surface area contributed by atoms with Gasteiger partial charge >= 0.3 is 42.3 Å². The molecule has 30 heteroatoms. The number of aliphatic hydroxyl groups excluding tert-OH is 1. The van der Waals surface area contributed by atoms with Gasteiger partial charge in [0.15, 0.2) is 34.7 Å². The van der Waals surface area contributed by atoms with E-state index >= 15 is 0 Å². The van der Waals surface area contributed by atoms with Crippen molar-refractivity contribution in [2.75, 3.05) is 95.7 Å². The topological polar surface area (TPSA) is 378 Å². The highest BCUT2D eigenvalue weighted by Gasteiger charge is 2.33. The van der Waals surface area contributed by atoms with Gasteiger partial charge in [-0.25, -0.2) is 43.7 Å². The number of nitrogens with two attached hydrogens (primary N) is 1. The lowest BCUT2D eigenvalue weighted by atomic mass is 10.1. The number of aromatic hydroxyl groups is 1. The summed E-state index contributed by atoms with van der Waals surface area (Å²) in [6.45, 7) is 25.2. The summed E-state index contributed by atoms with van der Waals surface area (Å²) in [5.74, 6) is 3.55. The van der Waals surface area contributed by atoms with Crippen LogP contribution in [0, 0.1) is 0 Å². The average molecular weight is 1490 g/mol. The van der Waals surface area contributed by atoms with Gasteiger partial charge in [-0.15, -0.1) is 0 Å². The lowest BCUT2D eigenvalue weighted by Crippen LogP contribution is -2.45. The number of alkyl carbamates (subject to hydrolysis) is 2. The number of nitrogens with one attached hydrogen (secondary N) is 3. The first-order valence-corrected chi connectivity index (χ1v) is 34.9. The largest absolute Gasteiger partial charge is 0.508 e. The van der Waals surface area contributed by atoms with Crippen LogP contribution in [0.1, 0.15) is 117 Å². The molecule has 582 valence electrons. The number of phenolic OH excluding ortho intramolecular Hbond substituents is 1. The molecule has 30 nitrogen and oxygen atoms in total. The Morgan fingerprint density at radius 1 is 0.486 bits per heavy atom. The van der Waals surface area contributed by atoms with Crippen LogP contribution >= 0.6 is 0 Å². The minimum atomic E-state index is -0.897. The Kier molecular flexibility index (Phi) is 31.8. The van der Waals surface area contributed by atoms with E-state index in [-0.39, 0.29) is 25.2 Å². The van der Waals surface area contributed by atoms with Crippen LogP contribution in [0.25, 0.3) is 0 Å². The number of pyridine rings is 3. The number of hydrogen-bond acceptors (Lipinski definition) is 26. The number of fused-ring (bicyclic) bond motifs is 3. The number of amides is 4. The highest BCUT2D eigenvalue weighted by Crippen LogP contribution is 2.33. The molecule has 6 aromatic rings. The summed E-state index contributed by atoms with van der Waals surface area (Å²) in [5.41, 5.74) is 8.18. The Morgan fingerprint density at radius 3 is 1.26 bits per heavy atom. The SMILES string of the molecule is CC(C)(C)OC(=O)N1CCOc2ccc(CCO)nc21.COC(=O)[C@@H](N)Cc1ccc(OCCc2ccc3c(n2)NCCO3)cc1.COC(=O)[C@H](Cc1ccc(O)cc1)NC(=O)OC(C)(C)C.COC(=O)[C@H](Cc1ccc(OCCc2ccc3c(n2)N(C(=O)OC(C)(C)C)CCO3)cc1)NC(=O)OC(C)(C)C. The Balaban J connectivity index is 0.000000233. The molecule has 3 aliphatic rings. The highest BCUT2D eigenvalue weighted by molar-refractivity contribution is 5.90. The number of ether oxygens (including phenoxy) is 12. The maximum absolute atomic E-state index is 12.7. The first-order valence-electron chi connectivity index (χ1n) is 34.9. The van der Waals surface area contributed by atoms with E-state index in [9.17, 15) is 38.7 Å². The molecule has 0 saturated carbocycles. The lowest BCUT2D eigenvalue weighted by Gasteiger charge is -2.30. The number of phenols is 1. The van der Waals surface area contributed by atoms with Gasteiger partial charge in [-0.1, -0.05) is 36.4 Å². The molecule has 3 aromatic heterocycles. The number of aromatic nitrogens is 3. The van der Waals surface area contributed by atoms with E-state index in [0.29, 0.717) is 106 Å². The van der Waals surface area contributed by atoms with Crippen LogP contribution in [0.4, 0.5) is 36.6 Å². The van der Waals surface area contributed by atoms with Gasteiger partial charge in [0.1, 0.15) is 77.6 Å². The van der Waals surface area contributed by atoms with Crippen molar-refractivity contribution in [2.45, 2.75) is 162 Å². The summed E-state index contributed by atoms with van der Waals surface area (Å²) >= 11 is 0. The van der Waals surface area contributed by atoms with Gasteiger partial charge in [-0.2, -0.15) is 0 Å². The number of carbonyl (C=O) groups is 7. The predicted octanol–water partition coefficient (Wildman–Crippen LogP) is 9.75. The Bertz CT molecular complexity index is 3890. The number of nitrogens with zero attached hydrogens (tertiary/aromatic N) is 5. The maximum Gasteiger partial charge on any atom is 0.416 e. The second-order valence-corrected chi connectivity index (χ2v) is 28.4. The summed E-state index contributed by atoms with van der Waals surface area (Å²) < 4.78 is 63.7. The number of carbonyl (C=O) groups excluding carboxylic acids is 7. The molecule has 0 bridgehead atoms. The first kappa shape index (κ1) is 85.1. The molecule has 0 fully saturated rings. The molecule has 3 atom stereocenters. The van der Waals surface area contributed by atoms with E-state index in [4.69, 9.17) is 58.2 Å². The molecule has 6 heterocycles. The Labute approximate surface area is 624 Å². The summed E-state index contributed by atoms with van der Waals surface area (Å²) in [4.78, 5) is 101. The van der Waals surface area contributed by atoms with Gasteiger partial charge in [0.25, 0.3) is 0 Å². The number of methoxy groups -OCH3 is 3. The van der Waals surface area contributed by atoms with E-state index in [1.807, 2.05) is 96.1 Å². The van der Waals surface area contributed by atoms with Gasteiger partial charge in [0.05, 0.1) is 54.2 Å². The monoisotopic (exact) mass is 1490 g/mol. The van der Waals surface area contributed by atoms with E-state index < -0.39 is 82.8 Å². The third kappa shape index (κ3) is 29.9. The van der Waals surface area contributed by atoms with Crippen molar-refractivity contribution in [2.24, 2.45) is 5.73 Å². The molecule has 3 aliphatic heterocycles. The summed E-state index contributed by atoms with van der Waals surface area (Å²) in [7, 11) is 3.85. The van der Waals surface area contributed by atoms with Crippen molar-refractivity contribution in [1.82, 2.24) is 25.6 Å². The fraction of sp³-hybridized carbons (Fsp3) is 0.481. The number of aliphatic hydroxyl groups is 1. The molecule has 9 rings (SSSR count). The number of esters is 3. The van der Waals surface area contributed by atoms with E-state index in [1.165, 1.54) is 43.3 Å². The second-order valence-electron chi connectivity index (χ2n) is 28.4. The summed E-state index contributed by atoms with van der Waals surface area (Å²) in [6.07, 6.45) is 0.260. The average Bonchev–Trinajstić information content (AvgIpc) is 0.792. The third-order valence-electron chi connectivity index (χ3n) is 14.8. The van der Waals surface area contributed by atoms with Crippen molar-refractivity contribution >= 4 is 59.7 Å². The number of hydrogen-bond donors (Lipinski definition) is 6. The van der Waals surface area contributed by atoms with Crippen molar-refractivity contribution in [3.8, 4) is 34.5 Å². The zero-order chi connectivity index (χ0) is 78.7. The van der Waals surface area contributed by atoms with Crippen LogP contribution in [-0.4, -0.2) is 189 Å². The zero-order valence-corrected chi connectivity index (χ0v) is 63.7. The molecule has 0 radical (unpaired) electrons. The van der Waals surface area contributed by atoms with Crippen LogP contribution in [0.15, 0.2) is 109 Å². The second kappa shape index (κ2) is 40.0. The highest BCUT2D eigenvalue weighted by atomic mass is 16.6. The minimum Gasteiger partial charge on any atom is -0.508 e. The van der Waals surface area contributed by atoms with Crippen LogP contribution in [-0.2, 0) is 86.1 Å². The summed E-state index contributed by atoms with van der Waals surface area (Å²) in [6, 6.07) is 29.8. The van der Waals surface area contributed by atoms with Crippen LogP contribution < -0.4 is 55.2 Å². The lowest BCUT2D eigenvalue weighted by molar-refractivity contribution is -0.143. The normalized spacial score (nSPS) is 13.7. The van der Waals surface area contributed by atoms with Gasteiger partial charge in [0, 0.05) is 55.8 Å². The Hall–Kier alpha value is -10.9. The van der Waals surface area contributed by atoms with Gasteiger partial charge < -0.3 is 88.7 Å². The van der Waals surface area contributed by atoms with Crippen molar-refractivity contribution in [3.05, 3.63) is 143 Å². The first-order chi connectivity index (χ1) is 50.5. The Morgan fingerprint density at radius 2 is 0.860 bits per heavy atom. The standard InChI is InChI=1S/C29H39N3O8.C19H23N3O4.C15H21NO5.C14H20N2O4/c1-28(2,3)39-26(34)31-22(25(33)36-7)18-19-8-11-21(12-9-19)37-16-14-20-10-13-23-24(30-20)32(15-17-38-23)27(35)40-29(4,5)6;1-24-19(23)16(20)12-13-2-5-15(6-3-13)25-10-8-14-4-7-17-18(22-14)21-9-11-26-17;1-15(2,3)21-14(19)16-12(13(18)20-4)9-10-5-7-11(17)8-6-10;1-14(2,3)20-13(18)16-7-9-19-11-5-4-10(6-8-17)15-12(11)16/h8-13,22H,14-18H2,1-7H3,(H,31,34);2-7,16H,8-12,20H2,1H3,(H,21,22);5-8,12,17H,9H2,1-4H3,(H,16,19);4-5,17H,6-9H2,1-3H3/t22-;16-;12-;/m000./s1. The molecule has 0 spiro atoms. The molecule has 3 aromatic carbocycles. The minimum absolute atomic E-state index is 0.0130. The van der Waals surface area contributed by atoms with Gasteiger partial charge in [-0.3, -0.25) is 14.6 Å². The fourth-order valence-corrected chi connectivity index (χ4v) is 10.0. The number of anilines is 3. The zero-order valence-electron chi connectivity index (χ0n) is 63.7.